The molecule has 0 aliphatic heterocycles. The van der Waals surface area contributed by atoms with E-state index in [4.69, 9.17) is 4.42 Å². The van der Waals surface area contributed by atoms with Gasteiger partial charge in [0.05, 0.1) is 0 Å². The Kier molecular flexibility index (Phi) is 9.06. The number of hydrogen-bond donors (Lipinski definition) is 0. The molecule has 3 heterocycles. The molecule has 3 aromatic heterocycles. The summed E-state index contributed by atoms with van der Waals surface area (Å²) in [7, 11) is 0. The van der Waals surface area contributed by atoms with Crippen molar-refractivity contribution in [3.63, 3.8) is 0 Å². The molecule has 0 spiro atoms. The predicted octanol–water partition coefficient (Wildman–Crippen LogP) is 5.45. The van der Waals surface area contributed by atoms with Gasteiger partial charge in [-0.05, 0) is 18.2 Å². The quantitative estimate of drug-likeness (QED) is 0.539. The van der Waals surface area contributed by atoms with Gasteiger partial charge in [-0.2, -0.15) is 0 Å². The summed E-state index contributed by atoms with van der Waals surface area (Å²) in [4.78, 5) is 8.17. The summed E-state index contributed by atoms with van der Waals surface area (Å²) in [5, 5.41) is 2.04. The van der Waals surface area contributed by atoms with E-state index in [0.29, 0.717) is 5.71 Å². The van der Waals surface area contributed by atoms with Gasteiger partial charge in [-0.25, -0.2) is 4.98 Å². The SMILES string of the molecule is CC.CC.CC.c1cnc2oc3ccncc3c2c1. The molecule has 0 aromatic carbocycles. The van der Waals surface area contributed by atoms with Crippen LogP contribution in [0.4, 0.5) is 0 Å². The lowest BCUT2D eigenvalue weighted by Crippen LogP contribution is -1.70. The second-order valence-corrected chi connectivity index (χ2v) is 2.83. The number of pyridine rings is 2. The average Bonchev–Trinajstić information content (AvgIpc) is 2.92. The molecule has 0 atom stereocenters. The molecule has 0 saturated carbocycles. The first-order valence-electron chi connectivity index (χ1n) is 7.02. The molecule has 0 radical (unpaired) electrons. The third kappa shape index (κ3) is 4.05. The molecule has 0 amide bonds. The second-order valence-electron chi connectivity index (χ2n) is 2.83. The first-order chi connectivity index (χ1) is 9.45. The normalized spacial score (nSPS) is 8.53. The first-order valence-corrected chi connectivity index (χ1v) is 7.02. The summed E-state index contributed by atoms with van der Waals surface area (Å²) >= 11 is 0. The molecule has 0 aliphatic carbocycles. The van der Waals surface area contributed by atoms with Crippen LogP contribution >= 0.6 is 0 Å². The highest BCUT2D eigenvalue weighted by Crippen LogP contribution is 2.25. The van der Waals surface area contributed by atoms with Crippen LogP contribution < -0.4 is 0 Å². The molecule has 19 heavy (non-hydrogen) atoms. The van der Waals surface area contributed by atoms with Crippen molar-refractivity contribution >= 4 is 22.1 Å². The van der Waals surface area contributed by atoms with E-state index < -0.39 is 0 Å². The molecule has 0 saturated heterocycles. The zero-order chi connectivity index (χ0) is 14.7. The standard InChI is InChI=1S/C10H6N2O.3C2H6/c1-2-7-8-6-11-5-3-9(8)13-10(7)12-4-1;3*1-2/h1-6H;3*1-2H3. The molecule has 3 heteroatoms. The highest BCUT2D eigenvalue weighted by Gasteiger charge is 2.05. The van der Waals surface area contributed by atoms with Crippen molar-refractivity contribution < 1.29 is 4.42 Å². The molecule has 0 unspecified atom stereocenters. The summed E-state index contributed by atoms with van der Waals surface area (Å²) in [5.41, 5.74) is 1.51. The minimum absolute atomic E-state index is 0.672. The third-order valence-corrected chi connectivity index (χ3v) is 2.05. The Morgan fingerprint density at radius 2 is 1.53 bits per heavy atom. The zero-order valence-electron chi connectivity index (χ0n) is 12.8. The van der Waals surface area contributed by atoms with E-state index in [1.54, 1.807) is 18.6 Å². The Bertz CT molecular complexity index is 523. The summed E-state index contributed by atoms with van der Waals surface area (Å²) in [6.07, 6.45) is 5.23. The maximum absolute atomic E-state index is 5.50. The highest BCUT2D eigenvalue weighted by atomic mass is 16.3. The van der Waals surface area contributed by atoms with E-state index in [1.807, 2.05) is 59.7 Å². The molecular weight excluding hydrogens is 236 g/mol. The van der Waals surface area contributed by atoms with Crippen molar-refractivity contribution in [2.45, 2.75) is 41.5 Å². The molecular formula is C16H24N2O. The van der Waals surface area contributed by atoms with Crippen LogP contribution in [0.1, 0.15) is 41.5 Å². The van der Waals surface area contributed by atoms with E-state index in [2.05, 4.69) is 9.97 Å². The summed E-state index contributed by atoms with van der Waals surface area (Å²) < 4.78 is 5.50. The van der Waals surface area contributed by atoms with Crippen LogP contribution in [0.2, 0.25) is 0 Å². The van der Waals surface area contributed by atoms with Crippen LogP contribution in [-0.4, -0.2) is 9.97 Å². The van der Waals surface area contributed by atoms with Crippen molar-refractivity contribution in [1.82, 2.24) is 9.97 Å². The van der Waals surface area contributed by atoms with Gasteiger partial charge in [0, 0.05) is 29.4 Å². The fraction of sp³-hybridized carbons (Fsp3) is 0.375. The summed E-state index contributed by atoms with van der Waals surface area (Å²) in [5.74, 6) is 0. The summed E-state index contributed by atoms with van der Waals surface area (Å²) in [6, 6.07) is 5.72. The summed E-state index contributed by atoms with van der Waals surface area (Å²) in [6.45, 7) is 12.0. The van der Waals surface area contributed by atoms with E-state index in [9.17, 15) is 0 Å². The Hall–Kier alpha value is -1.90. The van der Waals surface area contributed by atoms with Gasteiger partial charge in [0.25, 0.3) is 0 Å². The molecule has 0 fully saturated rings. The van der Waals surface area contributed by atoms with Gasteiger partial charge in [0.2, 0.25) is 5.71 Å². The Morgan fingerprint density at radius 1 is 0.842 bits per heavy atom. The van der Waals surface area contributed by atoms with Crippen molar-refractivity contribution in [1.29, 1.82) is 0 Å². The number of aromatic nitrogens is 2. The second kappa shape index (κ2) is 10.1. The van der Waals surface area contributed by atoms with Gasteiger partial charge in [-0.1, -0.05) is 41.5 Å². The van der Waals surface area contributed by atoms with Crippen molar-refractivity contribution in [3.8, 4) is 0 Å². The van der Waals surface area contributed by atoms with Gasteiger partial charge < -0.3 is 4.42 Å². The van der Waals surface area contributed by atoms with E-state index in [0.717, 1.165) is 16.4 Å². The highest BCUT2D eigenvalue weighted by molar-refractivity contribution is 6.02. The molecule has 3 aromatic rings. The number of rotatable bonds is 0. The Labute approximate surface area is 115 Å². The topological polar surface area (TPSA) is 38.9 Å². The molecule has 3 nitrogen and oxygen atoms in total. The van der Waals surface area contributed by atoms with Crippen molar-refractivity contribution in [2.75, 3.05) is 0 Å². The first kappa shape index (κ1) is 17.1. The number of nitrogens with zero attached hydrogens (tertiary/aromatic N) is 2. The van der Waals surface area contributed by atoms with E-state index >= 15 is 0 Å². The van der Waals surface area contributed by atoms with Gasteiger partial charge in [-0.15, -0.1) is 0 Å². The fourth-order valence-electron chi connectivity index (χ4n) is 1.45. The maximum atomic E-state index is 5.50. The van der Waals surface area contributed by atoms with Crippen LogP contribution in [-0.2, 0) is 0 Å². The maximum Gasteiger partial charge on any atom is 0.227 e. The number of hydrogen-bond acceptors (Lipinski definition) is 3. The van der Waals surface area contributed by atoms with Gasteiger partial charge >= 0.3 is 0 Å². The average molecular weight is 260 g/mol. The molecule has 3 rings (SSSR count). The van der Waals surface area contributed by atoms with Crippen molar-refractivity contribution in [3.05, 3.63) is 36.8 Å². The van der Waals surface area contributed by atoms with Crippen LogP contribution in [0, 0.1) is 0 Å². The molecule has 0 N–H and O–H groups in total. The van der Waals surface area contributed by atoms with E-state index in [-0.39, 0.29) is 0 Å². The fourth-order valence-corrected chi connectivity index (χ4v) is 1.45. The van der Waals surface area contributed by atoms with Gasteiger partial charge in [-0.3, -0.25) is 4.98 Å². The Morgan fingerprint density at radius 3 is 2.21 bits per heavy atom. The predicted molar refractivity (Wildman–Crippen MR) is 83.4 cm³/mol. The number of furan rings is 1. The minimum Gasteiger partial charge on any atom is -0.438 e. The zero-order valence-corrected chi connectivity index (χ0v) is 12.8. The van der Waals surface area contributed by atoms with Crippen LogP contribution in [0.15, 0.2) is 41.2 Å². The van der Waals surface area contributed by atoms with Crippen LogP contribution in [0.3, 0.4) is 0 Å². The lowest BCUT2D eigenvalue weighted by atomic mass is 10.2. The lowest BCUT2D eigenvalue weighted by Gasteiger charge is -1.84. The largest absolute Gasteiger partial charge is 0.438 e. The monoisotopic (exact) mass is 260 g/mol. The van der Waals surface area contributed by atoms with Crippen LogP contribution in [0.25, 0.3) is 22.1 Å². The lowest BCUT2D eigenvalue weighted by molar-refractivity contribution is 0.653. The Balaban J connectivity index is 0.000000482. The van der Waals surface area contributed by atoms with Gasteiger partial charge in [0.1, 0.15) is 5.58 Å². The number of fused-ring (bicyclic) bond motifs is 3. The van der Waals surface area contributed by atoms with E-state index in [1.165, 1.54) is 0 Å². The third-order valence-electron chi connectivity index (χ3n) is 2.05. The molecule has 0 aliphatic rings. The van der Waals surface area contributed by atoms with Gasteiger partial charge in [0.15, 0.2) is 0 Å². The van der Waals surface area contributed by atoms with Crippen LogP contribution in [0.5, 0.6) is 0 Å². The molecule has 104 valence electrons. The van der Waals surface area contributed by atoms with Crippen molar-refractivity contribution in [2.24, 2.45) is 0 Å². The minimum atomic E-state index is 0.672. The molecule has 0 bridgehead atoms. The smallest absolute Gasteiger partial charge is 0.227 e.